The van der Waals surface area contributed by atoms with Crippen LogP contribution in [0.15, 0.2) is 60.1 Å². The molecule has 4 nitrogen and oxygen atoms in total. The number of hydrogen-bond donors (Lipinski definition) is 0. The number of halogens is 3. The van der Waals surface area contributed by atoms with E-state index < -0.39 is 0 Å². The fraction of sp³-hybridized carbons (Fsp3) is 0.238. The zero-order valence-electron chi connectivity index (χ0n) is 15.5. The second-order valence-electron chi connectivity index (χ2n) is 6.29. The standard InChI is InChI=1S/C21H21Cl2FN4/c1-16-2-5-21(28-11-8-25-15-28)20(12-16)26-14-17-3-4-18(13-19(17)24)27(9-6-22)10-7-23/h2-5,8,11-15H,6-7,9-10H2,1H3. The highest BCUT2D eigenvalue weighted by atomic mass is 35.5. The van der Waals surface area contributed by atoms with Gasteiger partial charge in [-0.05, 0) is 42.8 Å². The van der Waals surface area contributed by atoms with E-state index in [4.69, 9.17) is 23.2 Å². The van der Waals surface area contributed by atoms with Crippen LogP contribution in [0.4, 0.5) is 15.8 Å². The number of aliphatic imine (C=N–C) groups is 1. The Morgan fingerprint density at radius 2 is 1.93 bits per heavy atom. The highest BCUT2D eigenvalue weighted by Crippen LogP contribution is 2.25. The molecule has 2 aromatic carbocycles. The summed E-state index contributed by atoms with van der Waals surface area (Å²) < 4.78 is 16.5. The number of benzene rings is 2. The molecule has 0 radical (unpaired) electrons. The van der Waals surface area contributed by atoms with Crippen LogP contribution in [0.2, 0.25) is 0 Å². The van der Waals surface area contributed by atoms with Crippen molar-refractivity contribution in [2.24, 2.45) is 4.99 Å². The second-order valence-corrected chi connectivity index (χ2v) is 7.05. The largest absolute Gasteiger partial charge is 0.369 e. The maximum atomic E-state index is 14.6. The molecule has 0 aliphatic rings. The Labute approximate surface area is 174 Å². The van der Waals surface area contributed by atoms with Crippen LogP contribution < -0.4 is 4.90 Å². The number of anilines is 1. The average molecular weight is 419 g/mol. The van der Waals surface area contributed by atoms with Gasteiger partial charge in [-0.2, -0.15) is 0 Å². The van der Waals surface area contributed by atoms with Crippen molar-refractivity contribution in [1.82, 2.24) is 9.55 Å². The molecule has 3 rings (SSSR count). The van der Waals surface area contributed by atoms with Gasteiger partial charge < -0.3 is 9.47 Å². The molecule has 0 bridgehead atoms. The lowest BCUT2D eigenvalue weighted by atomic mass is 10.1. The highest BCUT2D eigenvalue weighted by molar-refractivity contribution is 6.18. The van der Waals surface area contributed by atoms with Gasteiger partial charge in [0, 0.05) is 54.7 Å². The molecule has 146 valence electrons. The van der Waals surface area contributed by atoms with E-state index in [0.717, 1.165) is 22.6 Å². The summed E-state index contributed by atoms with van der Waals surface area (Å²) in [7, 11) is 0. The summed E-state index contributed by atoms with van der Waals surface area (Å²) in [5.74, 6) is 0.560. The topological polar surface area (TPSA) is 33.4 Å². The molecule has 7 heteroatoms. The molecule has 0 saturated carbocycles. The molecule has 0 N–H and O–H groups in total. The molecule has 0 unspecified atom stereocenters. The molecule has 1 heterocycles. The van der Waals surface area contributed by atoms with E-state index in [-0.39, 0.29) is 5.82 Å². The summed E-state index contributed by atoms with van der Waals surface area (Å²) in [6.45, 7) is 3.21. The third-order valence-electron chi connectivity index (χ3n) is 4.31. The van der Waals surface area contributed by atoms with Crippen molar-refractivity contribution in [3.63, 3.8) is 0 Å². The van der Waals surface area contributed by atoms with Crippen LogP contribution in [0.25, 0.3) is 5.69 Å². The Morgan fingerprint density at radius 1 is 1.14 bits per heavy atom. The van der Waals surface area contributed by atoms with Crippen molar-refractivity contribution in [2.75, 3.05) is 29.7 Å². The highest BCUT2D eigenvalue weighted by Gasteiger charge is 2.09. The quantitative estimate of drug-likeness (QED) is 0.364. The molecule has 0 aliphatic carbocycles. The molecule has 28 heavy (non-hydrogen) atoms. The summed E-state index contributed by atoms with van der Waals surface area (Å²) in [5.41, 5.74) is 3.87. The van der Waals surface area contributed by atoms with Crippen molar-refractivity contribution < 1.29 is 4.39 Å². The Balaban J connectivity index is 1.88. The third-order valence-corrected chi connectivity index (χ3v) is 4.65. The van der Waals surface area contributed by atoms with Crippen molar-refractivity contribution in [2.45, 2.75) is 6.92 Å². The summed E-state index contributed by atoms with van der Waals surface area (Å²) in [5, 5.41) is 0. The first-order chi connectivity index (χ1) is 13.6. The first-order valence-corrected chi connectivity index (χ1v) is 9.98. The molecule has 0 fully saturated rings. The van der Waals surface area contributed by atoms with Gasteiger partial charge in [0.1, 0.15) is 5.82 Å². The van der Waals surface area contributed by atoms with E-state index in [1.165, 1.54) is 6.07 Å². The Kier molecular flexibility index (Phi) is 7.06. The number of aromatic nitrogens is 2. The van der Waals surface area contributed by atoms with Gasteiger partial charge in [-0.1, -0.05) is 6.07 Å². The average Bonchev–Trinajstić information content (AvgIpc) is 3.21. The first-order valence-electron chi connectivity index (χ1n) is 8.92. The molecule has 0 aliphatic heterocycles. The van der Waals surface area contributed by atoms with Crippen LogP contribution in [0, 0.1) is 12.7 Å². The Hall–Kier alpha value is -2.37. The molecule has 0 saturated heterocycles. The van der Waals surface area contributed by atoms with Gasteiger partial charge in [0.25, 0.3) is 0 Å². The number of aryl methyl sites for hydroxylation is 1. The summed E-state index contributed by atoms with van der Waals surface area (Å²) in [6, 6.07) is 11.0. The molecular weight excluding hydrogens is 398 g/mol. The molecule has 0 spiro atoms. The lowest BCUT2D eigenvalue weighted by Gasteiger charge is -2.23. The van der Waals surface area contributed by atoms with Crippen LogP contribution in [0.3, 0.4) is 0 Å². The van der Waals surface area contributed by atoms with Crippen molar-refractivity contribution in [3.8, 4) is 5.69 Å². The normalized spacial score (nSPS) is 11.3. The Morgan fingerprint density at radius 3 is 2.57 bits per heavy atom. The van der Waals surface area contributed by atoms with Gasteiger partial charge in [0.05, 0.1) is 17.7 Å². The second kappa shape index (κ2) is 9.71. The van der Waals surface area contributed by atoms with Crippen molar-refractivity contribution in [1.29, 1.82) is 0 Å². The van der Waals surface area contributed by atoms with E-state index in [0.29, 0.717) is 30.4 Å². The van der Waals surface area contributed by atoms with Crippen LogP contribution in [-0.4, -0.2) is 40.6 Å². The van der Waals surface area contributed by atoms with Gasteiger partial charge in [-0.3, -0.25) is 4.99 Å². The van der Waals surface area contributed by atoms with Crippen LogP contribution >= 0.6 is 23.2 Å². The molecule has 0 atom stereocenters. The minimum atomic E-state index is -0.341. The first kappa shape index (κ1) is 20.4. The predicted molar refractivity (Wildman–Crippen MR) is 116 cm³/mol. The minimum absolute atomic E-state index is 0.341. The molecule has 0 amide bonds. The molecular formula is C21H21Cl2FN4. The van der Waals surface area contributed by atoms with E-state index >= 15 is 0 Å². The monoisotopic (exact) mass is 418 g/mol. The van der Waals surface area contributed by atoms with Gasteiger partial charge in [0.15, 0.2) is 0 Å². The number of rotatable bonds is 8. The van der Waals surface area contributed by atoms with Gasteiger partial charge in [-0.15, -0.1) is 23.2 Å². The number of imidazole rings is 1. The molecule has 1 aromatic heterocycles. The molecule has 3 aromatic rings. The van der Waals surface area contributed by atoms with E-state index in [9.17, 15) is 4.39 Å². The van der Waals surface area contributed by atoms with E-state index in [1.807, 2.05) is 46.9 Å². The zero-order valence-corrected chi connectivity index (χ0v) is 17.0. The van der Waals surface area contributed by atoms with Crippen molar-refractivity contribution in [3.05, 3.63) is 72.1 Å². The number of alkyl halides is 2. The maximum Gasteiger partial charge on any atom is 0.134 e. The number of nitrogens with zero attached hydrogens (tertiary/aromatic N) is 4. The SMILES string of the molecule is Cc1ccc(-n2ccnc2)c(N=Cc2ccc(N(CCCl)CCCl)cc2F)c1. The summed E-state index contributed by atoms with van der Waals surface area (Å²) in [4.78, 5) is 10.6. The van der Waals surface area contributed by atoms with E-state index in [1.54, 1.807) is 24.8 Å². The van der Waals surface area contributed by atoms with Crippen LogP contribution in [0.1, 0.15) is 11.1 Å². The third kappa shape index (κ3) is 4.91. The maximum absolute atomic E-state index is 14.6. The van der Waals surface area contributed by atoms with Crippen LogP contribution in [0.5, 0.6) is 0 Å². The zero-order chi connectivity index (χ0) is 19.9. The van der Waals surface area contributed by atoms with Crippen molar-refractivity contribution >= 4 is 40.8 Å². The fourth-order valence-corrected chi connectivity index (χ4v) is 3.30. The number of hydrogen-bond acceptors (Lipinski definition) is 3. The fourth-order valence-electron chi connectivity index (χ4n) is 2.89. The van der Waals surface area contributed by atoms with Crippen LogP contribution in [-0.2, 0) is 0 Å². The minimum Gasteiger partial charge on any atom is -0.369 e. The van der Waals surface area contributed by atoms with Gasteiger partial charge in [-0.25, -0.2) is 9.37 Å². The lowest BCUT2D eigenvalue weighted by Crippen LogP contribution is -2.27. The summed E-state index contributed by atoms with van der Waals surface area (Å²) >= 11 is 11.7. The Bertz CT molecular complexity index is 936. The van der Waals surface area contributed by atoms with E-state index in [2.05, 4.69) is 9.98 Å². The predicted octanol–water partition coefficient (Wildman–Crippen LogP) is 5.35. The van der Waals surface area contributed by atoms with Gasteiger partial charge in [0.2, 0.25) is 0 Å². The van der Waals surface area contributed by atoms with Gasteiger partial charge >= 0.3 is 0 Å². The summed E-state index contributed by atoms with van der Waals surface area (Å²) in [6.07, 6.45) is 6.81. The smallest absolute Gasteiger partial charge is 0.134 e. The lowest BCUT2D eigenvalue weighted by molar-refractivity contribution is 0.625.